The van der Waals surface area contributed by atoms with Crippen LogP contribution in [0.5, 0.6) is 0 Å². The van der Waals surface area contributed by atoms with Gasteiger partial charge < -0.3 is 5.11 Å². The Labute approximate surface area is 103 Å². The summed E-state index contributed by atoms with van der Waals surface area (Å²) in [5.74, 6) is 0.753. The maximum Gasteiger partial charge on any atom is 0.110 e. The first-order valence-corrected chi connectivity index (χ1v) is 6.93. The van der Waals surface area contributed by atoms with Gasteiger partial charge in [0.05, 0.1) is 5.60 Å². The van der Waals surface area contributed by atoms with E-state index in [0.29, 0.717) is 0 Å². The first-order chi connectivity index (χ1) is 7.20. The van der Waals surface area contributed by atoms with Gasteiger partial charge in [0.15, 0.2) is 0 Å². The van der Waals surface area contributed by atoms with E-state index >= 15 is 0 Å². The second-order valence-electron chi connectivity index (χ2n) is 4.01. The van der Waals surface area contributed by atoms with Crippen LogP contribution in [-0.2, 0) is 0 Å². The summed E-state index contributed by atoms with van der Waals surface area (Å²) < 4.78 is 1.01. The smallest absolute Gasteiger partial charge is 0.110 e. The van der Waals surface area contributed by atoms with E-state index < -0.39 is 5.60 Å². The first kappa shape index (κ1) is 11.4. The zero-order chi connectivity index (χ0) is 10.7. The van der Waals surface area contributed by atoms with Gasteiger partial charge in [-0.15, -0.1) is 11.8 Å². The molecule has 2 nitrogen and oxygen atoms in total. The van der Waals surface area contributed by atoms with Gasteiger partial charge in [0.25, 0.3) is 0 Å². The van der Waals surface area contributed by atoms with Crippen LogP contribution < -0.4 is 0 Å². The van der Waals surface area contributed by atoms with Crippen molar-refractivity contribution < 1.29 is 5.11 Å². The number of hydrogen-bond acceptors (Lipinski definition) is 3. The molecular weight excluding hydrogens is 274 g/mol. The van der Waals surface area contributed by atoms with Gasteiger partial charge in [-0.3, -0.25) is 0 Å². The minimum atomic E-state index is -0.457. The summed E-state index contributed by atoms with van der Waals surface area (Å²) in [5, 5.41) is 11.1. The van der Waals surface area contributed by atoms with Crippen molar-refractivity contribution in [2.45, 2.75) is 36.3 Å². The second kappa shape index (κ2) is 4.85. The second-order valence-corrected chi connectivity index (χ2v) is 5.83. The van der Waals surface area contributed by atoms with E-state index in [1.165, 1.54) is 0 Å². The molecule has 1 aliphatic carbocycles. The SMILES string of the molecule is OC1(CSc2ncccc2Br)CCCC1. The fourth-order valence-corrected chi connectivity index (χ4v) is 3.49. The highest BCUT2D eigenvalue weighted by atomic mass is 79.9. The fourth-order valence-electron chi connectivity index (χ4n) is 1.86. The van der Waals surface area contributed by atoms with Crippen LogP contribution in [0.2, 0.25) is 0 Å². The van der Waals surface area contributed by atoms with Crippen molar-refractivity contribution in [2.75, 3.05) is 5.75 Å². The monoisotopic (exact) mass is 287 g/mol. The number of thioether (sulfide) groups is 1. The van der Waals surface area contributed by atoms with Gasteiger partial charge in [0, 0.05) is 16.4 Å². The van der Waals surface area contributed by atoms with Crippen LogP contribution in [0.3, 0.4) is 0 Å². The maximum absolute atomic E-state index is 10.2. The molecule has 0 radical (unpaired) electrons. The van der Waals surface area contributed by atoms with E-state index in [4.69, 9.17) is 0 Å². The van der Waals surface area contributed by atoms with E-state index in [-0.39, 0.29) is 0 Å². The van der Waals surface area contributed by atoms with Gasteiger partial charge >= 0.3 is 0 Å². The summed E-state index contributed by atoms with van der Waals surface area (Å²) >= 11 is 5.09. The van der Waals surface area contributed by atoms with Gasteiger partial charge in [-0.1, -0.05) is 12.8 Å². The summed E-state index contributed by atoms with van der Waals surface area (Å²) in [5.41, 5.74) is -0.457. The Morgan fingerprint density at radius 3 is 2.87 bits per heavy atom. The highest BCUT2D eigenvalue weighted by molar-refractivity contribution is 9.10. The lowest BCUT2D eigenvalue weighted by Gasteiger charge is -2.21. The first-order valence-electron chi connectivity index (χ1n) is 5.15. The fraction of sp³-hybridized carbons (Fsp3) is 0.545. The van der Waals surface area contributed by atoms with Gasteiger partial charge in [0.2, 0.25) is 0 Å². The Hall–Kier alpha value is -0.0600. The summed E-state index contributed by atoms with van der Waals surface area (Å²) in [6.07, 6.45) is 5.96. The summed E-state index contributed by atoms with van der Waals surface area (Å²) in [6, 6.07) is 3.88. The number of aromatic nitrogens is 1. The predicted octanol–water partition coefficient (Wildman–Crippen LogP) is 3.24. The van der Waals surface area contributed by atoms with E-state index in [2.05, 4.69) is 20.9 Å². The molecule has 2 rings (SSSR count). The van der Waals surface area contributed by atoms with Gasteiger partial charge in [-0.2, -0.15) is 0 Å². The highest BCUT2D eigenvalue weighted by Gasteiger charge is 2.31. The third-order valence-corrected chi connectivity index (χ3v) is 4.92. The Balaban J connectivity index is 1.95. The van der Waals surface area contributed by atoms with E-state index in [1.54, 1.807) is 18.0 Å². The number of halogens is 1. The van der Waals surface area contributed by atoms with Crippen molar-refractivity contribution in [2.24, 2.45) is 0 Å². The molecule has 0 spiro atoms. The van der Waals surface area contributed by atoms with Crippen molar-refractivity contribution >= 4 is 27.7 Å². The molecule has 4 heteroatoms. The normalized spacial score (nSPS) is 19.3. The molecule has 0 atom stereocenters. The van der Waals surface area contributed by atoms with Crippen molar-refractivity contribution in [3.8, 4) is 0 Å². The average Bonchev–Trinajstić information content (AvgIpc) is 2.65. The van der Waals surface area contributed by atoms with Crippen LogP contribution in [-0.4, -0.2) is 21.4 Å². The van der Waals surface area contributed by atoms with E-state index in [1.807, 2.05) is 12.1 Å². The molecule has 1 saturated carbocycles. The lowest BCUT2D eigenvalue weighted by atomic mass is 10.1. The molecule has 15 heavy (non-hydrogen) atoms. The van der Waals surface area contributed by atoms with E-state index in [9.17, 15) is 5.11 Å². The lowest BCUT2D eigenvalue weighted by molar-refractivity contribution is 0.0732. The van der Waals surface area contributed by atoms with E-state index in [0.717, 1.165) is 40.9 Å². The van der Waals surface area contributed by atoms with Gasteiger partial charge in [-0.05, 0) is 40.9 Å². The predicted molar refractivity (Wildman–Crippen MR) is 66.1 cm³/mol. The number of rotatable bonds is 3. The van der Waals surface area contributed by atoms with Gasteiger partial charge in [-0.25, -0.2) is 4.98 Å². The Bertz CT molecular complexity index is 339. The zero-order valence-electron chi connectivity index (χ0n) is 8.45. The molecule has 1 aromatic rings. The van der Waals surface area contributed by atoms with Crippen LogP contribution in [0.25, 0.3) is 0 Å². The van der Waals surface area contributed by atoms with Crippen LogP contribution >= 0.6 is 27.7 Å². The van der Waals surface area contributed by atoms with Crippen molar-refractivity contribution in [1.29, 1.82) is 0 Å². The quantitative estimate of drug-likeness (QED) is 0.867. The minimum absolute atomic E-state index is 0.457. The molecule has 0 saturated heterocycles. The molecule has 1 fully saturated rings. The van der Waals surface area contributed by atoms with Crippen molar-refractivity contribution in [3.05, 3.63) is 22.8 Å². The molecule has 1 aliphatic rings. The third-order valence-electron chi connectivity index (χ3n) is 2.74. The molecule has 1 aromatic heterocycles. The maximum atomic E-state index is 10.2. The summed E-state index contributed by atoms with van der Waals surface area (Å²) in [7, 11) is 0. The number of nitrogens with zero attached hydrogens (tertiary/aromatic N) is 1. The molecular formula is C11H14BrNOS. The molecule has 0 amide bonds. The molecule has 0 unspecified atom stereocenters. The molecule has 0 aromatic carbocycles. The molecule has 82 valence electrons. The number of aliphatic hydroxyl groups is 1. The minimum Gasteiger partial charge on any atom is -0.389 e. The topological polar surface area (TPSA) is 33.1 Å². The van der Waals surface area contributed by atoms with Crippen molar-refractivity contribution in [1.82, 2.24) is 4.98 Å². The molecule has 1 N–H and O–H groups in total. The summed E-state index contributed by atoms with van der Waals surface area (Å²) in [4.78, 5) is 4.28. The number of hydrogen-bond donors (Lipinski definition) is 1. The average molecular weight is 288 g/mol. The Kier molecular flexibility index (Phi) is 3.69. The Morgan fingerprint density at radius 2 is 2.20 bits per heavy atom. The lowest BCUT2D eigenvalue weighted by Crippen LogP contribution is -2.27. The van der Waals surface area contributed by atoms with Crippen LogP contribution in [0.15, 0.2) is 27.8 Å². The standard InChI is InChI=1S/C11H14BrNOS/c12-9-4-3-7-13-10(9)15-8-11(14)5-1-2-6-11/h3-4,7,14H,1-2,5-6,8H2. The van der Waals surface area contributed by atoms with Crippen LogP contribution in [0.1, 0.15) is 25.7 Å². The van der Waals surface area contributed by atoms with Crippen molar-refractivity contribution in [3.63, 3.8) is 0 Å². The highest BCUT2D eigenvalue weighted by Crippen LogP contribution is 2.35. The zero-order valence-corrected chi connectivity index (χ0v) is 10.9. The molecule has 1 heterocycles. The molecule has 0 aliphatic heterocycles. The number of pyridine rings is 1. The largest absolute Gasteiger partial charge is 0.389 e. The summed E-state index contributed by atoms with van der Waals surface area (Å²) in [6.45, 7) is 0. The van der Waals surface area contributed by atoms with Crippen LogP contribution in [0, 0.1) is 0 Å². The molecule has 0 bridgehead atoms. The third kappa shape index (κ3) is 2.95. The Morgan fingerprint density at radius 1 is 1.47 bits per heavy atom. The van der Waals surface area contributed by atoms with Crippen LogP contribution in [0.4, 0.5) is 0 Å². The van der Waals surface area contributed by atoms with Gasteiger partial charge in [0.1, 0.15) is 5.03 Å².